The molecule has 0 spiro atoms. The largest absolute Gasteiger partial charge is 0.313 e. The van der Waals surface area contributed by atoms with Gasteiger partial charge in [0.25, 0.3) is 0 Å². The van der Waals surface area contributed by atoms with Crippen LogP contribution >= 0.6 is 23.4 Å². The van der Waals surface area contributed by atoms with Crippen molar-refractivity contribution in [2.45, 2.75) is 29.2 Å². The van der Waals surface area contributed by atoms with Gasteiger partial charge in [-0.1, -0.05) is 42.4 Å². The quantitative estimate of drug-likeness (QED) is 0.816. The van der Waals surface area contributed by atoms with E-state index < -0.39 is 0 Å². The summed E-state index contributed by atoms with van der Waals surface area (Å²) in [4.78, 5) is 2.45. The predicted octanol–water partition coefficient (Wildman–Crippen LogP) is 5.16. The van der Waals surface area contributed by atoms with Gasteiger partial charge in [-0.2, -0.15) is 0 Å². The van der Waals surface area contributed by atoms with Crippen LogP contribution in [-0.2, 0) is 0 Å². The van der Waals surface area contributed by atoms with Crippen molar-refractivity contribution in [3.05, 3.63) is 59.1 Å². The summed E-state index contributed by atoms with van der Waals surface area (Å²) in [6, 6.07) is 17.1. The molecule has 0 aliphatic carbocycles. The molecular weight excluding hydrogens is 274 g/mol. The first-order chi connectivity index (χ1) is 9.22. The minimum Gasteiger partial charge on any atom is -0.313 e. The summed E-state index contributed by atoms with van der Waals surface area (Å²) in [5.74, 6) is 0. The molecule has 0 aromatic heterocycles. The molecule has 0 aliphatic heterocycles. The summed E-state index contributed by atoms with van der Waals surface area (Å²) in [5, 5.41) is 4.10. The zero-order chi connectivity index (χ0) is 13.7. The highest BCUT2D eigenvalue weighted by molar-refractivity contribution is 7.99. The summed E-state index contributed by atoms with van der Waals surface area (Å²) in [7, 11) is 2.00. The molecule has 1 N–H and O–H groups in total. The van der Waals surface area contributed by atoms with Crippen LogP contribution in [0.4, 0.5) is 0 Å². The van der Waals surface area contributed by atoms with Crippen molar-refractivity contribution in [1.29, 1.82) is 0 Å². The van der Waals surface area contributed by atoms with E-state index in [-0.39, 0.29) is 0 Å². The van der Waals surface area contributed by atoms with Crippen molar-refractivity contribution in [3.63, 3.8) is 0 Å². The lowest BCUT2D eigenvalue weighted by atomic mass is 10.1. The maximum Gasteiger partial charge on any atom is 0.0406 e. The first kappa shape index (κ1) is 14.4. The zero-order valence-electron chi connectivity index (χ0n) is 11.2. The Kier molecular flexibility index (Phi) is 5.32. The summed E-state index contributed by atoms with van der Waals surface area (Å²) in [6.07, 6.45) is 1.10. The smallest absolute Gasteiger partial charge is 0.0406 e. The van der Waals surface area contributed by atoms with Crippen LogP contribution in [0.15, 0.2) is 58.3 Å². The Morgan fingerprint density at radius 1 is 1.00 bits per heavy atom. The number of rotatable bonds is 5. The fourth-order valence-electron chi connectivity index (χ4n) is 2.01. The van der Waals surface area contributed by atoms with Crippen LogP contribution in [0.2, 0.25) is 5.02 Å². The average molecular weight is 292 g/mol. The average Bonchev–Trinajstić information content (AvgIpc) is 2.44. The van der Waals surface area contributed by atoms with Gasteiger partial charge in [-0.3, -0.25) is 0 Å². The van der Waals surface area contributed by atoms with Crippen LogP contribution in [0, 0.1) is 0 Å². The number of nitrogens with one attached hydrogen (secondary N) is 1. The van der Waals surface area contributed by atoms with Crippen molar-refractivity contribution in [3.8, 4) is 0 Å². The molecule has 0 aliphatic rings. The van der Waals surface area contributed by atoms with Gasteiger partial charge in [-0.05, 0) is 55.4 Å². The Balaban J connectivity index is 2.08. The van der Waals surface area contributed by atoms with E-state index in [2.05, 4.69) is 36.5 Å². The monoisotopic (exact) mass is 291 g/mol. The van der Waals surface area contributed by atoms with Crippen molar-refractivity contribution < 1.29 is 0 Å². The molecule has 2 aromatic rings. The SMILES string of the molecule is CCC(NC)c1ccc(Sc2ccc(Cl)cc2)cc1. The molecule has 0 amide bonds. The zero-order valence-corrected chi connectivity index (χ0v) is 12.8. The van der Waals surface area contributed by atoms with Gasteiger partial charge in [0.05, 0.1) is 0 Å². The van der Waals surface area contributed by atoms with E-state index in [1.165, 1.54) is 15.4 Å². The molecule has 1 atom stereocenters. The highest BCUT2D eigenvalue weighted by Gasteiger charge is 2.06. The minimum atomic E-state index is 0.439. The second-order valence-corrected chi connectivity index (χ2v) is 5.96. The van der Waals surface area contributed by atoms with E-state index in [0.29, 0.717) is 6.04 Å². The molecular formula is C16H18ClNS. The third-order valence-electron chi connectivity index (χ3n) is 3.09. The fourth-order valence-corrected chi connectivity index (χ4v) is 2.96. The molecule has 2 aromatic carbocycles. The van der Waals surface area contributed by atoms with E-state index >= 15 is 0 Å². The van der Waals surface area contributed by atoms with Gasteiger partial charge >= 0.3 is 0 Å². The van der Waals surface area contributed by atoms with E-state index in [9.17, 15) is 0 Å². The Labute approximate surface area is 124 Å². The number of hydrogen-bond donors (Lipinski definition) is 1. The molecule has 1 nitrogen and oxygen atoms in total. The second kappa shape index (κ2) is 6.99. The van der Waals surface area contributed by atoms with Gasteiger partial charge in [0.2, 0.25) is 0 Å². The van der Waals surface area contributed by atoms with Crippen LogP contribution in [0.5, 0.6) is 0 Å². The molecule has 19 heavy (non-hydrogen) atoms. The highest BCUT2D eigenvalue weighted by Crippen LogP contribution is 2.29. The third kappa shape index (κ3) is 4.00. The van der Waals surface area contributed by atoms with Gasteiger partial charge in [-0.25, -0.2) is 0 Å². The number of halogens is 1. The predicted molar refractivity (Wildman–Crippen MR) is 84.1 cm³/mol. The molecule has 0 heterocycles. The van der Waals surface area contributed by atoms with Crippen LogP contribution < -0.4 is 5.32 Å². The molecule has 0 bridgehead atoms. The normalized spacial score (nSPS) is 12.4. The van der Waals surface area contributed by atoms with Gasteiger partial charge in [0.1, 0.15) is 0 Å². The number of benzene rings is 2. The van der Waals surface area contributed by atoms with Crippen LogP contribution in [-0.4, -0.2) is 7.05 Å². The maximum absolute atomic E-state index is 5.89. The topological polar surface area (TPSA) is 12.0 Å². The first-order valence-corrected chi connectivity index (χ1v) is 7.63. The molecule has 0 saturated heterocycles. The van der Waals surface area contributed by atoms with Crippen molar-refractivity contribution in [2.24, 2.45) is 0 Å². The summed E-state index contributed by atoms with van der Waals surface area (Å²) >= 11 is 7.64. The lowest BCUT2D eigenvalue weighted by Gasteiger charge is -2.14. The van der Waals surface area contributed by atoms with Crippen molar-refractivity contribution in [2.75, 3.05) is 7.05 Å². The molecule has 100 valence electrons. The summed E-state index contributed by atoms with van der Waals surface area (Å²) in [5.41, 5.74) is 1.34. The van der Waals surface area contributed by atoms with E-state index in [4.69, 9.17) is 11.6 Å². The van der Waals surface area contributed by atoms with Crippen LogP contribution in [0.1, 0.15) is 24.9 Å². The van der Waals surface area contributed by atoms with E-state index in [1.807, 2.05) is 31.3 Å². The Morgan fingerprint density at radius 2 is 1.53 bits per heavy atom. The lowest BCUT2D eigenvalue weighted by Crippen LogP contribution is -2.14. The van der Waals surface area contributed by atoms with Crippen LogP contribution in [0.25, 0.3) is 0 Å². The standard InChI is InChI=1S/C16H18ClNS/c1-3-16(18-2)12-4-8-14(9-5-12)19-15-10-6-13(17)7-11-15/h4-11,16,18H,3H2,1-2H3. The maximum atomic E-state index is 5.89. The first-order valence-electron chi connectivity index (χ1n) is 6.43. The van der Waals surface area contributed by atoms with Crippen molar-refractivity contribution >= 4 is 23.4 Å². The second-order valence-electron chi connectivity index (χ2n) is 4.37. The Hall–Kier alpha value is -0.960. The third-order valence-corrected chi connectivity index (χ3v) is 4.36. The number of hydrogen-bond acceptors (Lipinski definition) is 2. The van der Waals surface area contributed by atoms with Gasteiger partial charge in [-0.15, -0.1) is 0 Å². The Morgan fingerprint density at radius 3 is 2.00 bits per heavy atom. The van der Waals surface area contributed by atoms with E-state index in [0.717, 1.165) is 11.4 Å². The molecule has 1 unspecified atom stereocenters. The van der Waals surface area contributed by atoms with Gasteiger partial charge < -0.3 is 5.32 Å². The Bertz CT molecular complexity index is 503. The fraction of sp³-hybridized carbons (Fsp3) is 0.250. The molecule has 2 rings (SSSR count). The lowest BCUT2D eigenvalue weighted by molar-refractivity contribution is 0.576. The molecule has 3 heteroatoms. The van der Waals surface area contributed by atoms with Crippen LogP contribution in [0.3, 0.4) is 0 Å². The molecule has 0 fully saturated rings. The highest BCUT2D eigenvalue weighted by atomic mass is 35.5. The van der Waals surface area contributed by atoms with E-state index in [1.54, 1.807) is 11.8 Å². The van der Waals surface area contributed by atoms with Gasteiger partial charge in [0, 0.05) is 20.9 Å². The van der Waals surface area contributed by atoms with Gasteiger partial charge in [0.15, 0.2) is 0 Å². The van der Waals surface area contributed by atoms with Crippen molar-refractivity contribution in [1.82, 2.24) is 5.32 Å². The molecule has 0 saturated carbocycles. The minimum absolute atomic E-state index is 0.439. The summed E-state index contributed by atoms with van der Waals surface area (Å²) in [6.45, 7) is 2.19. The summed E-state index contributed by atoms with van der Waals surface area (Å²) < 4.78 is 0. The molecule has 0 radical (unpaired) electrons.